The molecule has 1 amide bonds. The van der Waals surface area contributed by atoms with Crippen molar-refractivity contribution in [1.82, 2.24) is 4.98 Å². The largest absolute Gasteiger partial charge is 0.340 e. The molecule has 0 bridgehead atoms. The van der Waals surface area contributed by atoms with E-state index in [2.05, 4.69) is 31.5 Å². The number of nitrogens with one attached hydrogen (secondary N) is 2. The second kappa shape index (κ2) is 7.23. The van der Waals surface area contributed by atoms with Crippen molar-refractivity contribution in [3.63, 3.8) is 0 Å². The van der Waals surface area contributed by atoms with Gasteiger partial charge in [-0.1, -0.05) is 28.1 Å². The van der Waals surface area contributed by atoms with Gasteiger partial charge in [-0.05, 0) is 48.5 Å². The fraction of sp³-hybridized carbons (Fsp3) is 0. The highest BCUT2D eigenvalue weighted by atomic mass is 79.9. The predicted octanol–water partition coefficient (Wildman–Crippen LogP) is 4.98. The second-order valence-electron chi connectivity index (χ2n) is 5.00. The van der Waals surface area contributed by atoms with Gasteiger partial charge in [0.05, 0.1) is 5.69 Å². The fourth-order valence-corrected chi connectivity index (χ4v) is 2.34. The number of pyridine rings is 1. The van der Waals surface area contributed by atoms with Crippen molar-refractivity contribution in [2.75, 3.05) is 10.6 Å². The van der Waals surface area contributed by atoms with E-state index in [1.54, 1.807) is 24.3 Å². The molecule has 4 nitrogen and oxygen atoms in total. The quantitative estimate of drug-likeness (QED) is 0.665. The molecule has 2 aromatic carbocycles. The predicted molar refractivity (Wildman–Crippen MR) is 96.0 cm³/mol. The summed E-state index contributed by atoms with van der Waals surface area (Å²) >= 11 is 3.37. The number of anilines is 3. The Bertz CT molecular complexity index is 868. The van der Waals surface area contributed by atoms with Gasteiger partial charge in [0.1, 0.15) is 11.6 Å². The van der Waals surface area contributed by atoms with Gasteiger partial charge in [0.15, 0.2) is 0 Å². The van der Waals surface area contributed by atoms with Crippen LogP contribution in [0.1, 0.15) is 10.4 Å². The fourth-order valence-electron chi connectivity index (χ4n) is 2.08. The summed E-state index contributed by atoms with van der Waals surface area (Å²) in [6.45, 7) is 0. The highest BCUT2D eigenvalue weighted by Gasteiger charge is 2.10. The number of nitrogens with zero attached hydrogens (tertiary/aromatic N) is 1. The molecule has 0 aliphatic carbocycles. The van der Waals surface area contributed by atoms with Crippen LogP contribution in [0.25, 0.3) is 0 Å². The Morgan fingerprint density at radius 2 is 1.79 bits per heavy atom. The number of carbonyl (C=O) groups excluding carboxylic acids is 1. The van der Waals surface area contributed by atoms with Crippen molar-refractivity contribution in [3.8, 4) is 0 Å². The van der Waals surface area contributed by atoms with Gasteiger partial charge in [0.2, 0.25) is 0 Å². The second-order valence-corrected chi connectivity index (χ2v) is 5.91. The van der Waals surface area contributed by atoms with Crippen LogP contribution in [-0.4, -0.2) is 10.9 Å². The van der Waals surface area contributed by atoms with Crippen molar-refractivity contribution in [1.29, 1.82) is 0 Å². The highest BCUT2D eigenvalue weighted by Crippen LogP contribution is 2.19. The van der Waals surface area contributed by atoms with E-state index < -0.39 is 11.7 Å². The van der Waals surface area contributed by atoms with E-state index in [1.165, 1.54) is 18.3 Å². The number of rotatable bonds is 4. The maximum Gasteiger partial charge on any atom is 0.255 e. The third kappa shape index (κ3) is 3.97. The lowest BCUT2D eigenvalue weighted by atomic mass is 10.2. The Balaban J connectivity index is 1.76. The first-order chi connectivity index (χ1) is 11.6. The Labute approximate surface area is 146 Å². The van der Waals surface area contributed by atoms with Gasteiger partial charge in [-0.15, -0.1) is 0 Å². The minimum absolute atomic E-state index is 0.140. The third-order valence-electron chi connectivity index (χ3n) is 3.26. The zero-order valence-electron chi connectivity index (χ0n) is 12.5. The minimum Gasteiger partial charge on any atom is -0.340 e. The summed E-state index contributed by atoms with van der Waals surface area (Å²) < 4.78 is 14.6. The summed E-state index contributed by atoms with van der Waals surface area (Å²) in [5.41, 5.74) is 1.37. The summed E-state index contributed by atoms with van der Waals surface area (Å²) in [5, 5.41) is 5.66. The van der Waals surface area contributed by atoms with Crippen LogP contribution in [0, 0.1) is 5.82 Å². The molecule has 1 heterocycles. The topological polar surface area (TPSA) is 54.0 Å². The number of halogens is 2. The third-order valence-corrected chi connectivity index (χ3v) is 3.79. The average Bonchev–Trinajstić information content (AvgIpc) is 2.59. The average molecular weight is 386 g/mol. The molecular weight excluding hydrogens is 373 g/mol. The van der Waals surface area contributed by atoms with Crippen LogP contribution in [-0.2, 0) is 0 Å². The summed E-state index contributed by atoms with van der Waals surface area (Å²) in [5.74, 6) is -0.354. The van der Waals surface area contributed by atoms with Crippen molar-refractivity contribution in [2.45, 2.75) is 0 Å². The van der Waals surface area contributed by atoms with Crippen molar-refractivity contribution in [2.24, 2.45) is 0 Å². The van der Waals surface area contributed by atoms with Gasteiger partial charge in [-0.2, -0.15) is 0 Å². The van der Waals surface area contributed by atoms with E-state index in [0.29, 0.717) is 11.4 Å². The van der Waals surface area contributed by atoms with Crippen LogP contribution in [0.3, 0.4) is 0 Å². The van der Waals surface area contributed by atoms with Crippen LogP contribution in [0.2, 0.25) is 0 Å². The Morgan fingerprint density at radius 1 is 1.04 bits per heavy atom. The molecule has 120 valence electrons. The van der Waals surface area contributed by atoms with Gasteiger partial charge in [0, 0.05) is 21.9 Å². The summed E-state index contributed by atoms with van der Waals surface area (Å²) in [4.78, 5) is 16.5. The Hall–Kier alpha value is -2.73. The standard InChI is InChI=1S/C18H13BrFN3O/c19-13-5-7-14(8-6-13)22-17-11-12(9-10-21-17)18(24)23-16-4-2-1-3-15(16)20/h1-11H,(H,21,22)(H,23,24). The molecule has 24 heavy (non-hydrogen) atoms. The maximum absolute atomic E-state index is 13.6. The summed E-state index contributed by atoms with van der Waals surface area (Å²) in [6, 6.07) is 16.8. The first kappa shape index (κ1) is 16.1. The number of amides is 1. The monoisotopic (exact) mass is 385 g/mol. The lowest BCUT2D eigenvalue weighted by molar-refractivity contribution is 0.102. The minimum atomic E-state index is -0.479. The molecule has 0 fully saturated rings. The number of aromatic nitrogens is 1. The van der Waals surface area contributed by atoms with Crippen molar-refractivity contribution >= 4 is 39.0 Å². The number of benzene rings is 2. The van der Waals surface area contributed by atoms with E-state index in [9.17, 15) is 9.18 Å². The van der Waals surface area contributed by atoms with E-state index in [4.69, 9.17) is 0 Å². The molecule has 0 spiro atoms. The molecule has 1 aromatic heterocycles. The zero-order valence-corrected chi connectivity index (χ0v) is 14.0. The first-order valence-electron chi connectivity index (χ1n) is 7.16. The highest BCUT2D eigenvalue weighted by molar-refractivity contribution is 9.10. The van der Waals surface area contributed by atoms with Crippen LogP contribution in [0.4, 0.5) is 21.6 Å². The van der Waals surface area contributed by atoms with Crippen molar-refractivity contribution < 1.29 is 9.18 Å². The zero-order chi connectivity index (χ0) is 16.9. The molecule has 0 saturated carbocycles. The van der Waals surface area contributed by atoms with Gasteiger partial charge >= 0.3 is 0 Å². The molecule has 0 saturated heterocycles. The smallest absolute Gasteiger partial charge is 0.255 e. The van der Waals surface area contributed by atoms with Gasteiger partial charge < -0.3 is 10.6 Å². The first-order valence-corrected chi connectivity index (χ1v) is 7.95. The van der Waals surface area contributed by atoms with Gasteiger partial charge in [-0.3, -0.25) is 4.79 Å². The van der Waals surface area contributed by atoms with Gasteiger partial charge in [-0.25, -0.2) is 9.37 Å². The SMILES string of the molecule is O=C(Nc1ccccc1F)c1ccnc(Nc2ccc(Br)cc2)c1. The molecular formula is C18H13BrFN3O. The Morgan fingerprint density at radius 3 is 2.54 bits per heavy atom. The number of para-hydroxylation sites is 1. The molecule has 0 aliphatic heterocycles. The van der Waals surface area contributed by atoms with E-state index >= 15 is 0 Å². The van der Waals surface area contributed by atoms with Crippen LogP contribution in [0.5, 0.6) is 0 Å². The molecule has 0 radical (unpaired) electrons. The van der Waals surface area contributed by atoms with Crippen LogP contribution in [0.15, 0.2) is 71.3 Å². The molecule has 0 atom stereocenters. The number of carbonyl (C=O) groups is 1. The Kier molecular flexibility index (Phi) is 4.86. The molecule has 0 unspecified atom stereocenters. The molecule has 2 N–H and O–H groups in total. The van der Waals surface area contributed by atoms with Crippen LogP contribution >= 0.6 is 15.9 Å². The van der Waals surface area contributed by atoms with Gasteiger partial charge in [0.25, 0.3) is 5.91 Å². The van der Waals surface area contributed by atoms with Crippen molar-refractivity contribution in [3.05, 3.63) is 82.7 Å². The normalized spacial score (nSPS) is 10.2. The summed E-state index contributed by atoms with van der Waals surface area (Å²) in [7, 11) is 0. The van der Waals surface area contributed by atoms with E-state index in [0.717, 1.165) is 10.2 Å². The lowest BCUT2D eigenvalue weighted by Crippen LogP contribution is -2.13. The van der Waals surface area contributed by atoms with Crippen LogP contribution < -0.4 is 10.6 Å². The molecule has 0 aliphatic rings. The maximum atomic E-state index is 13.6. The molecule has 6 heteroatoms. The van der Waals surface area contributed by atoms with E-state index in [-0.39, 0.29) is 5.69 Å². The lowest BCUT2D eigenvalue weighted by Gasteiger charge is -2.09. The number of hydrogen-bond donors (Lipinski definition) is 2. The van der Waals surface area contributed by atoms with E-state index in [1.807, 2.05) is 24.3 Å². The summed E-state index contributed by atoms with van der Waals surface area (Å²) in [6.07, 6.45) is 1.53. The molecule has 3 aromatic rings. The molecule has 3 rings (SSSR count). The number of hydrogen-bond acceptors (Lipinski definition) is 3.